The van der Waals surface area contributed by atoms with Crippen LogP contribution >= 0.6 is 11.6 Å². The summed E-state index contributed by atoms with van der Waals surface area (Å²) in [5.74, 6) is -0.171. The van der Waals surface area contributed by atoms with Crippen LogP contribution in [0.5, 0.6) is 11.5 Å². The number of rotatable bonds is 6. The number of carbonyl (C=O) groups excluding carboxylic acids is 2. The fourth-order valence-electron chi connectivity index (χ4n) is 2.83. The van der Waals surface area contributed by atoms with E-state index in [1.807, 2.05) is 0 Å². The number of phenolic OH excluding ortho intramolecular Hbond substituents is 1. The number of nitrogens with zero attached hydrogens (tertiary/aromatic N) is 1. The van der Waals surface area contributed by atoms with E-state index >= 15 is 0 Å². The number of methoxy groups -OCH3 is 2. The number of anilines is 1. The largest absolute Gasteiger partial charge is 0.504 e. The molecule has 1 saturated carbocycles. The first-order valence-corrected chi connectivity index (χ1v) is 9.12. The van der Waals surface area contributed by atoms with Crippen LogP contribution in [0.25, 0.3) is 0 Å². The summed E-state index contributed by atoms with van der Waals surface area (Å²) in [6.45, 7) is 0.366. The van der Waals surface area contributed by atoms with Crippen molar-refractivity contribution in [3.8, 4) is 11.5 Å². The van der Waals surface area contributed by atoms with E-state index in [0.29, 0.717) is 18.0 Å². The fraction of sp³-hybridized carbons (Fsp3) is 0.300. The van der Waals surface area contributed by atoms with Gasteiger partial charge in [0.05, 0.1) is 24.8 Å². The molecule has 2 aromatic carbocycles. The van der Waals surface area contributed by atoms with Crippen molar-refractivity contribution in [2.75, 3.05) is 19.5 Å². The maximum Gasteiger partial charge on any atom is 0.339 e. The number of aromatic hydroxyl groups is 1. The van der Waals surface area contributed by atoms with E-state index in [9.17, 15) is 14.7 Å². The van der Waals surface area contributed by atoms with Gasteiger partial charge in [-0.25, -0.2) is 9.59 Å². The molecule has 0 radical (unpaired) electrons. The molecule has 148 valence electrons. The Kier molecular flexibility index (Phi) is 5.94. The summed E-state index contributed by atoms with van der Waals surface area (Å²) in [4.78, 5) is 26.4. The minimum absolute atomic E-state index is 0.0465. The number of carbonyl (C=O) groups is 2. The normalized spacial score (nSPS) is 13.0. The van der Waals surface area contributed by atoms with E-state index in [0.717, 1.165) is 18.4 Å². The van der Waals surface area contributed by atoms with Gasteiger partial charge in [0.2, 0.25) is 0 Å². The molecular weight excluding hydrogens is 384 g/mol. The van der Waals surface area contributed by atoms with Gasteiger partial charge in [0.25, 0.3) is 0 Å². The lowest BCUT2D eigenvalue weighted by Gasteiger charge is -2.23. The predicted octanol–water partition coefficient (Wildman–Crippen LogP) is 4.04. The van der Waals surface area contributed by atoms with Gasteiger partial charge < -0.3 is 24.8 Å². The van der Waals surface area contributed by atoms with Crippen LogP contribution in [-0.4, -0.2) is 42.3 Å². The monoisotopic (exact) mass is 404 g/mol. The molecule has 0 bridgehead atoms. The zero-order valence-electron chi connectivity index (χ0n) is 15.6. The Morgan fingerprint density at radius 1 is 1.21 bits per heavy atom. The van der Waals surface area contributed by atoms with Crippen LogP contribution in [0.3, 0.4) is 0 Å². The molecule has 8 heteroatoms. The SMILES string of the molecule is COC(=O)c1cc(NC(=O)N(Cc2ccc(O)c(OC)c2)C2CC2)ccc1Cl. The van der Waals surface area contributed by atoms with E-state index in [1.165, 1.54) is 26.4 Å². The van der Waals surface area contributed by atoms with Gasteiger partial charge in [-0.05, 0) is 48.7 Å². The number of ether oxygens (including phenoxy) is 2. The second kappa shape index (κ2) is 8.39. The number of nitrogens with one attached hydrogen (secondary N) is 1. The lowest BCUT2D eigenvalue weighted by Crippen LogP contribution is -2.36. The minimum Gasteiger partial charge on any atom is -0.504 e. The van der Waals surface area contributed by atoms with Crippen molar-refractivity contribution in [1.29, 1.82) is 0 Å². The molecule has 1 aliphatic carbocycles. The van der Waals surface area contributed by atoms with Crippen LogP contribution in [-0.2, 0) is 11.3 Å². The Labute approximate surface area is 167 Å². The second-order valence-corrected chi connectivity index (χ2v) is 6.89. The second-order valence-electron chi connectivity index (χ2n) is 6.48. The first-order valence-electron chi connectivity index (χ1n) is 8.74. The number of benzene rings is 2. The summed E-state index contributed by atoms with van der Waals surface area (Å²) in [6.07, 6.45) is 1.85. The summed E-state index contributed by atoms with van der Waals surface area (Å²) in [5.41, 5.74) is 1.47. The number of amides is 2. The Morgan fingerprint density at radius 3 is 2.61 bits per heavy atom. The Hall–Kier alpha value is -2.93. The number of phenols is 1. The molecule has 7 nitrogen and oxygen atoms in total. The van der Waals surface area contributed by atoms with Crippen LogP contribution in [0.1, 0.15) is 28.8 Å². The number of halogens is 1. The van der Waals surface area contributed by atoms with E-state index in [1.54, 1.807) is 29.2 Å². The molecule has 2 N–H and O–H groups in total. The summed E-state index contributed by atoms with van der Waals surface area (Å²) in [5, 5.41) is 12.8. The molecule has 0 saturated heterocycles. The van der Waals surface area contributed by atoms with E-state index in [4.69, 9.17) is 21.1 Å². The summed E-state index contributed by atoms with van der Waals surface area (Å²) >= 11 is 6.02. The van der Waals surface area contributed by atoms with Crippen molar-refractivity contribution in [2.24, 2.45) is 0 Å². The molecule has 2 amide bonds. The highest BCUT2D eigenvalue weighted by molar-refractivity contribution is 6.33. The summed E-state index contributed by atoms with van der Waals surface area (Å²) < 4.78 is 9.84. The lowest BCUT2D eigenvalue weighted by atomic mass is 10.2. The molecular formula is C20H21ClN2O5. The highest BCUT2D eigenvalue weighted by atomic mass is 35.5. The highest BCUT2D eigenvalue weighted by Gasteiger charge is 2.33. The molecule has 0 aliphatic heterocycles. The predicted molar refractivity (Wildman–Crippen MR) is 105 cm³/mol. The number of urea groups is 1. The van der Waals surface area contributed by atoms with Crippen LogP contribution in [0.15, 0.2) is 36.4 Å². The third kappa shape index (κ3) is 4.48. The third-order valence-electron chi connectivity index (χ3n) is 4.47. The van der Waals surface area contributed by atoms with Crippen molar-refractivity contribution in [3.63, 3.8) is 0 Å². The number of hydrogen-bond donors (Lipinski definition) is 2. The summed E-state index contributed by atoms with van der Waals surface area (Å²) in [6, 6.07) is 9.50. The molecule has 28 heavy (non-hydrogen) atoms. The average molecular weight is 405 g/mol. The molecule has 0 aromatic heterocycles. The molecule has 0 spiro atoms. The van der Waals surface area contributed by atoms with Crippen molar-refractivity contribution in [3.05, 3.63) is 52.5 Å². The maximum absolute atomic E-state index is 12.8. The van der Waals surface area contributed by atoms with Crippen molar-refractivity contribution in [1.82, 2.24) is 4.90 Å². The van der Waals surface area contributed by atoms with E-state index in [-0.39, 0.29) is 28.4 Å². The van der Waals surface area contributed by atoms with Gasteiger partial charge in [-0.2, -0.15) is 0 Å². The molecule has 2 aromatic rings. The first-order chi connectivity index (χ1) is 13.4. The van der Waals surface area contributed by atoms with Gasteiger partial charge in [0.1, 0.15) is 0 Å². The van der Waals surface area contributed by atoms with Gasteiger partial charge in [-0.1, -0.05) is 17.7 Å². The molecule has 0 atom stereocenters. The number of esters is 1. The highest BCUT2D eigenvalue weighted by Crippen LogP contribution is 2.32. The van der Waals surface area contributed by atoms with Gasteiger partial charge in [0, 0.05) is 18.3 Å². The zero-order chi connectivity index (χ0) is 20.3. The Bertz CT molecular complexity index is 898. The third-order valence-corrected chi connectivity index (χ3v) is 4.80. The molecule has 1 aliphatic rings. The quantitative estimate of drug-likeness (QED) is 0.709. The van der Waals surface area contributed by atoms with Crippen LogP contribution in [0.4, 0.5) is 10.5 Å². The zero-order valence-corrected chi connectivity index (χ0v) is 16.3. The molecule has 0 unspecified atom stereocenters. The molecule has 3 rings (SSSR count). The van der Waals surface area contributed by atoms with Crippen molar-refractivity contribution < 1.29 is 24.2 Å². The summed E-state index contributed by atoms with van der Waals surface area (Å²) in [7, 11) is 2.74. The van der Waals surface area contributed by atoms with Gasteiger partial charge in [0.15, 0.2) is 11.5 Å². The van der Waals surface area contributed by atoms with Crippen molar-refractivity contribution >= 4 is 29.3 Å². The van der Waals surface area contributed by atoms with E-state index < -0.39 is 5.97 Å². The van der Waals surface area contributed by atoms with Gasteiger partial charge in [-0.3, -0.25) is 0 Å². The van der Waals surface area contributed by atoms with Crippen LogP contribution in [0.2, 0.25) is 5.02 Å². The van der Waals surface area contributed by atoms with Crippen LogP contribution in [0, 0.1) is 0 Å². The molecule has 1 fully saturated rings. The van der Waals surface area contributed by atoms with Crippen LogP contribution < -0.4 is 10.1 Å². The fourth-order valence-corrected chi connectivity index (χ4v) is 3.03. The standard InChI is InChI=1S/C20H21ClN2O5/c1-27-18-9-12(3-8-17(18)24)11-23(14-5-6-14)20(26)22-13-4-7-16(21)15(10-13)19(25)28-2/h3-4,7-10,14,24H,5-6,11H2,1-2H3,(H,22,26). The average Bonchev–Trinajstić information content (AvgIpc) is 3.53. The number of hydrogen-bond acceptors (Lipinski definition) is 5. The Balaban J connectivity index is 1.76. The van der Waals surface area contributed by atoms with Gasteiger partial charge in [-0.15, -0.1) is 0 Å². The smallest absolute Gasteiger partial charge is 0.339 e. The maximum atomic E-state index is 12.8. The first kappa shape index (κ1) is 19.8. The van der Waals surface area contributed by atoms with Crippen molar-refractivity contribution in [2.45, 2.75) is 25.4 Å². The van der Waals surface area contributed by atoms with E-state index in [2.05, 4.69) is 5.32 Å². The lowest BCUT2D eigenvalue weighted by molar-refractivity contribution is 0.0601. The topological polar surface area (TPSA) is 88.1 Å². The minimum atomic E-state index is -0.573. The van der Waals surface area contributed by atoms with Gasteiger partial charge >= 0.3 is 12.0 Å². The molecule has 0 heterocycles. The Morgan fingerprint density at radius 2 is 1.96 bits per heavy atom.